The number of nitro benzene ring substituents is 1. The Morgan fingerprint density at radius 3 is 2.57 bits per heavy atom. The van der Waals surface area contributed by atoms with Gasteiger partial charge in [0.15, 0.2) is 9.84 Å². The number of hydrogen-bond donors (Lipinski definition) is 1. The van der Waals surface area contributed by atoms with E-state index < -0.39 is 20.4 Å². The number of nitrogens with zero attached hydrogens (tertiary/aromatic N) is 2. The minimum absolute atomic E-state index is 0.205. The number of anilines is 1. The number of benzene rings is 1. The van der Waals surface area contributed by atoms with Gasteiger partial charge in [0.2, 0.25) is 0 Å². The van der Waals surface area contributed by atoms with Crippen LogP contribution in [0.2, 0.25) is 0 Å². The number of sulfone groups is 1. The van der Waals surface area contributed by atoms with Crippen molar-refractivity contribution in [1.29, 1.82) is 0 Å². The quantitative estimate of drug-likeness (QED) is 0.631. The van der Waals surface area contributed by atoms with Crippen molar-refractivity contribution in [2.24, 2.45) is 0 Å². The largest absolute Gasteiger partial charge is 0.379 e. The Labute approximate surface area is 138 Å². The fourth-order valence-electron chi connectivity index (χ4n) is 2.27. The lowest BCUT2D eigenvalue weighted by Crippen LogP contribution is -2.10. The molecule has 0 aliphatic heterocycles. The topological polar surface area (TPSA) is 102 Å². The molecule has 0 fully saturated rings. The van der Waals surface area contributed by atoms with Gasteiger partial charge >= 0.3 is 5.69 Å². The van der Waals surface area contributed by atoms with Crippen molar-refractivity contribution in [3.05, 3.63) is 43.9 Å². The van der Waals surface area contributed by atoms with Gasteiger partial charge in [0.25, 0.3) is 0 Å². The third-order valence-electron chi connectivity index (χ3n) is 3.25. The second kappa shape index (κ2) is 6.63. The summed E-state index contributed by atoms with van der Waals surface area (Å²) in [6.45, 7) is 4.30. The van der Waals surface area contributed by atoms with Crippen LogP contribution in [0.1, 0.15) is 15.6 Å². The highest BCUT2D eigenvalue weighted by molar-refractivity contribution is 7.90. The molecule has 0 atom stereocenters. The molecular weight excluding hydrogens is 338 g/mol. The predicted molar refractivity (Wildman–Crippen MR) is 90.0 cm³/mol. The first kappa shape index (κ1) is 17.4. The Kier molecular flexibility index (Phi) is 5.00. The van der Waals surface area contributed by atoms with Gasteiger partial charge in [-0.3, -0.25) is 10.1 Å². The van der Waals surface area contributed by atoms with Crippen molar-refractivity contribution in [1.82, 2.24) is 4.98 Å². The number of nitro groups is 1. The summed E-state index contributed by atoms with van der Waals surface area (Å²) in [5.74, 6) is 0. The van der Waals surface area contributed by atoms with Gasteiger partial charge in [0.05, 0.1) is 15.6 Å². The molecule has 0 aliphatic rings. The van der Waals surface area contributed by atoms with Gasteiger partial charge in [-0.15, -0.1) is 11.3 Å². The van der Waals surface area contributed by atoms with Crippen LogP contribution in [-0.2, 0) is 16.3 Å². The SMILES string of the molecule is Cc1nc(C)c(CCNc2cccc(S(C)(=O)=O)c2[N+](=O)[O-])s1. The molecule has 0 unspecified atom stereocenters. The van der Waals surface area contributed by atoms with Gasteiger partial charge in [-0.25, -0.2) is 13.4 Å². The molecule has 0 aliphatic carbocycles. The van der Waals surface area contributed by atoms with E-state index in [1.54, 1.807) is 11.3 Å². The average molecular weight is 355 g/mol. The van der Waals surface area contributed by atoms with E-state index in [1.165, 1.54) is 18.2 Å². The molecule has 23 heavy (non-hydrogen) atoms. The molecule has 0 radical (unpaired) electrons. The summed E-state index contributed by atoms with van der Waals surface area (Å²) in [6, 6.07) is 4.25. The van der Waals surface area contributed by atoms with Crippen LogP contribution in [0.3, 0.4) is 0 Å². The van der Waals surface area contributed by atoms with Crippen LogP contribution < -0.4 is 5.32 Å². The zero-order valence-electron chi connectivity index (χ0n) is 13.0. The number of aromatic nitrogens is 1. The fourth-order valence-corrected chi connectivity index (χ4v) is 4.07. The van der Waals surface area contributed by atoms with E-state index in [4.69, 9.17) is 0 Å². The number of nitrogens with one attached hydrogen (secondary N) is 1. The number of rotatable bonds is 6. The highest BCUT2D eigenvalue weighted by Gasteiger charge is 2.25. The van der Waals surface area contributed by atoms with Gasteiger partial charge in [-0.1, -0.05) is 6.07 Å². The molecular formula is C14H17N3O4S2. The molecule has 1 N–H and O–H groups in total. The van der Waals surface area contributed by atoms with E-state index >= 15 is 0 Å². The first-order valence-electron chi connectivity index (χ1n) is 6.84. The lowest BCUT2D eigenvalue weighted by Gasteiger charge is -2.09. The van der Waals surface area contributed by atoms with Gasteiger partial charge in [-0.2, -0.15) is 0 Å². The second-order valence-corrected chi connectivity index (χ2v) is 8.37. The van der Waals surface area contributed by atoms with E-state index in [0.29, 0.717) is 13.0 Å². The predicted octanol–water partition coefficient (Wildman–Crippen LogP) is 2.73. The van der Waals surface area contributed by atoms with Crippen molar-refractivity contribution < 1.29 is 13.3 Å². The van der Waals surface area contributed by atoms with Crippen molar-refractivity contribution in [2.75, 3.05) is 18.1 Å². The summed E-state index contributed by atoms with van der Waals surface area (Å²) >= 11 is 1.59. The molecule has 124 valence electrons. The molecule has 0 spiro atoms. The van der Waals surface area contributed by atoms with E-state index in [0.717, 1.165) is 21.8 Å². The minimum atomic E-state index is -3.67. The zero-order valence-corrected chi connectivity index (χ0v) is 14.6. The maximum absolute atomic E-state index is 11.7. The van der Waals surface area contributed by atoms with Crippen molar-refractivity contribution in [2.45, 2.75) is 25.2 Å². The molecule has 2 aromatic rings. The Bertz CT molecular complexity index is 844. The summed E-state index contributed by atoms with van der Waals surface area (Å²) in [5, 5.41) is 15.2. The van der Waals surface area contributed by atoms with Gasteiger partial charge < -0.3 is 5.32 Å². The fraction of sp³-hybridized carbons (Fsp3) is 0.357. The molecule has 0 bridgehead atoms. The van der Waals surface area contributed by atoms with Crippen LogP contribution >= 0.6 is 11.3 Å². The number of thiazole rings is 1. The molecule has 2 rings (SSSR count). The summed E-state index contributed by atoms with van der Waals surface area (Å²) in [4.78, 5) is 15.8. The standard InChI is InChI=1S/C14H17N3O4S2/c1-9-12(22-10(2)16-9)7-8-15-11-5-4-6-13(23(3,20)21)14(11)17(18)19/h4-6,15H,7-8H2,1-3H3. The molecule has 1 aromatic carbocycles. The van der Waals surface area contributed by atoms with E-state index in [9.17, 15) is 18.5 Å². The van der Waals surface area contributed by atoms with E-state index in [1.807, 2.05) is 13.8 Å². The molecule has 7 nitrogen and oxygen atoms in total. The molecule has 0 saturated carbocycles. The number of para-hydroxylation sites is 1. The van der Waals surface area contributed by atoms with Gasteiger partial charge in [0.1, 0.15) is 10.6 Å². The molecule has 0 amide bonds. The summed E-state index contributed by atoms with van der Waals surface area (Å²) in [7, 11) is -3.67. The minimum Gasteiger partial charge on any atom is -0.379 e. The lowest BCUT2D eigenvalue weighted by atomic mass is 10.2. The van der Waals surface area contributed by atoms with E-state index in [-0.39, 0.29) is 10.6 Å². The number of hydrogen-bond acceptors (Lipinski definition) is 7. The Balaban J connectivity index is 2.23. The third-order valence-corrected chi connectivity index (χ3v) is 5.51. The molecule has 0 saturated heterocycles. The van der Waals surface area contributed by atoms with Crippen LogP contribution in [0.4, 0.5) is 11.4 Å². The Morgan fingerprint density at radius 1 is 1.35 bits per heavy atom. The number of aryl methyl sites for hydroxylation is 2. The van der Waals surface area contributed by atoms with Crippen LogP contribution in [0.25, 0.3) is 0 Å². The average Bonchev–Trinajstić information content (AvgIpc) is 2.75. The zero-order chi connectivity index (χ0) is 17.2. The van der Waals surface area contributed by atoms with E-state index in [2.05, 4.69) is 10.3 Å². The maximum atomic E-state index is 11.7. The van der Waals surface area contributed by atoms with Crippen LogP contribution in [-0.4, -0.2) is 31.1 Å². The van der Waals surface area contributed by atoms with Gasteiger partial charge in [0, 0.05) is 24.1 Å². The highest BCUT2D eigenvalue weighted by Crippen LogP contribution is 2.32. The van der Waals surface area contributed by atoms with Crippen LogP contribution in [0, 0.1) is 24.0 Å². The first-order chi connectivity index (χ1) is 10.7. The summed E-state index contributed by atoms with van der Waals surface area (Å²) in [5.41, 5.74) is 0.748. The monoisotopic (exact) mass is 355 g/mol. The molecule has 1 heterocycles. The summed E-state index contributed by atoms with van der Waals surface area (Å²) in [6.07, 6.45) is 1.63. The normalized spacial score (nSPS) is 11.4. The third kappa shape index (κ3) is 4.05. The van der Waals surface area contributed by atoms with Crippen LogP contribution in [0.15, 0.2) is 23.1 Å². The van der Waals surface area contributed by atoms with Crippen molar-refractivity contribution in [3.8, 4) is 0 Å². The first-order valence-corrected chi connectivity index (χ1v) is 9.55. The highest BCUT2D eigenvalue weighted by atomic mass is 32.2. The van der Waals surface area contributed by atoms with Crippen molar-refractivity contribution in [3.63, 3.8) is 0 Å². The maximum Gasteiger partial charge on any atom is 0.310 e. The van der Waals surface area contributed by atoms with Gasteiger partial charge in [-0.05, 0) is 26.0 Å². The Hall–Kier alpha value is -2.00. The Morgan fingerprint density at radius 2 is 2.04 bits per heavy atom. The molecule has 1 aromatic heterocycles. The second-order valence-electron chi connectivity index (χ2n) is 5.10. The smallest absolute Gasteiger partial charge is 0.310 e. The van der Waals surface area contributed by atoms with Crippen molar-refractivity contribution >= 4 is 32.5 Å². The summed E-state index contributed by atoms with van der Waals surface area (Å²) < 4.78 is 23.4. The lowest BCUT2D eigenvalue weighted by molar-refractivity contribution is -0.386. The molecule has 9 heteroatoms. The van der Waals surface area contributed by atoms with Crippen LogP contribution in [0.5, 0.6) is 0 Å².